The molecular formula is C13H12ClF3O. The molecule has 0 saturated heterocycles. The van der Waals surface area contributed by atoms with Crippen LogP contribution in [-0.2, 0) is 11.0 Å². The lowest BCUT2D eigenvalue weighted by molar-refractivity contribution is -0.137. The predicted octanol–water partition coefficient (Wildman–Crippen LogP) is 4.61. The third kappa shape index (κ3) is 3.60. The van der Waals surface area contributed by atoms with E-state index in [0.29, 0.717) is 19.1 Å². The molecule has 0 aliphatic heterocycles. The summed E-state index contributed by atoms with van der Waals surface area (Å²) in [4.78, 5) is 11.0. The first kappa shape index (κ1) is 14.8. The number of benzene rings is 1. The van der Waals surface area contributed by atoms with Gasteiger partial charge < -0.3 is 4.79 Å². The minimum atomic E-state index is -4.44. The van der Waals surface area contributed by atoms with Crippen LogP contribution in [0.3, 0.4) is 0 Å². The summed E-state index contributed by atoms with van der Waals surface area (Å²) in [5.41, 5.74) is -0.587. The molecule has 0 saturated carbocycles. The first-order valence-corrected chi connectivity index (χ1v) is 5.70. The Morgan fingerprint density at radius 1 is 1.39 bits per heavy atom. The summed E-state index contributed by atoms with van der Waals surface area (Å²) in [6.07, 6.45) is -1.28. The van der Waals surface area contributed by atoms with Crippen LogP contribution < -0.4 is 0 Å². The van der Waals surface area contributed by atoms with Gasteiger partial charge in [-0.1, -0.05) is 17.7 Å². The lowest BCUT2D eigenvalue weighted by Gasteiger charge is -2.14. The Kier molecular flexibility index (Phi) is 4.96. The molecule has 0 spiro atoms. The van der Waals surface area contributed by atoms with Crippen LogP contribution in [0.25, 0.3) is 0 Å². The van der Waals surface area contributed by atoms with Gasteiger partial charge >= 0.3 is 6.18 Å². The molecular weight excluding hydrogens is 265 g/mol. The molecule has 0 bridgehead atoms. The quantitative estimate of drug-likeness (QED) is 0.567. The van der Waals surface area contributed by atoms with Crippen molar-refractivity contribution in [3.05, 3.63) is 47.0 Å². The highest BCUT2D eigenvalue weighted by molar-refractivity contribution is 6.31. The maximum Gasteiger partial charge on any atom is 0.416 e. The van der Waals surface area contributed by atoms with E-state index in [1.54, 1.807) is 6.08 Å². The zero-order chi connectivity index (χ0) is 13.8. The molecule has 1 aromatic carbocycles. The Hall–Kier alpha value is -1.29. The molecule has 18 heavy (non-hydrogen) atoms. The van der Waals surface area contributed by atoms with Gasteiger partial charge in [-0.2, -0.15) is 13.2 Å². The van der Waals surface area contributed by atoms with Gasteiger partial charge in [0.1, 0.15) is 6.29 Å². The molecule has 1 nitrogen and oxygen atoms in total. The van der Waals surface area contributed by atoms with Crippen LogP contribution in [0.1, 0.15) is 29.9 Å². The molecule has 0 N–H and O–H groups in total. The van der Waals surface area contributed by atoms with Gasteiger partial charge in [0, 0.05) is 10.9 Å². The van der Waals surface area contributed by atoms with Crippen molar-refractivity contribution in [2.75, 3.05) is 0 Å². The van der Waals surface area contributed by atoms with E-state index >= 15 is 0 Å². The zero-order valence-corrected chi connectivity index (χ0v) is 10.3. The molecule has 1 aromatic rings. The Labute approximate surface area is 108 Å². The van der Waals surface area contributed by atoms with Crippen molar-refractivity contribution in [3.63, 3.8) is 0 Å². The molecule has 0 radical (unpaired) electrons. The fourth-order valence-corrected chi connectivity index (χ4v) is 1.86. The van der Waals surface area contributed by atoms with Crippen LogP contribution in [0.15, 0.2) is 30.9 Å². The van der Waals surface area contributed by atoms with Crippen molar-refractivity contribution >= 4 is 17.9 Å². The van der Waals surface area contributed by atoms with Crippen molar-refractivity contribution in [1.82, 2.24) is 0 Å². The highest BCUT2D eigenvalue weighted by Crippen LogP contribution is 2.35. The van der Waals surface area contributed by atoms with Crippen LogP contribution in [-0.4, -0.2) is 6.29 Å². The first-order chi connectivity index (χ1) is 8.40. The van der Waals surface area contributed by atoms with Gasteiger partial charge in [0.25, 0.3) is 0 Å². The first-order valence-electron chi connectivity index (χ1n) is 5.33. The number of rotatable bonds is 5. The summed E-state index contributed by atoms with van der Waals surface area (Å²) in [6, 6.07) is 3.01. The van der Waals surface area contributed by atoms with Crippen LogP contribution >= 0.6 is 11.6 Å². The normalized spacial score (nSPS) is 13.1. The average molecular weight is 277 g/mol. The minimum absolute atomic E-state index is 0.171. The number of aldehydes is 1. The summed E-state index contributed by atoms with van der Waals surface area (Å²) in [7, 11) is 0. The molecule has 1 rings (SSSR count). The van der Waals surface area contributed by atoms with Crippen molar-refractivity contribution in [1.29, 1.82) is 0 Å². The number of allylic oxidation sites excluding steroid dienone is 1. The second-order valence-electron chi connectivity index (χ2n) is 3.84. The highest BCUT2D eigenvalue weighted by Gasteiger charge is 2.31. The van der Waals surface area contributed by atoms with E-state index in [2.05, 4.69) is 6.58 Å². The fraction of sp³-hybridized carbons (Fsp3) is 0.308. The Bertz CT molecular complexity index is 440. The lowest BCUT2D eigenvalue weighted by atomic mass is 9.94. The van der Waals surface area contributed by atoms with Crippen molar-refractivity contribution in [3.8, 4) is 0 Å². The van der Waals surface area contributed by atoms with Gasteiger partial charge in [0.05, 0.1) is 5.56 Å². The number of carbonyl (C=O) groups is 1. The van der Waals surface area contributed by atoms with Crippen molar-refractivity contribution in [2.45, 2.75) is 24.9 Å². The molecule has 5 heteroatoms. The standard InChI is InChI=1S/C13H12ClF3O/c1-2-3-4-9(8-18)11-7-10(13(15,16)17)5-6-12(11)14/h2,5-9H,1,3-4H2. The second kappa shape index (κ2) is 6.05. The number of alkyl halides is 3. The summed E-state index contributed by atoms with van der Waals surface area (Å²) in [5, 5.41) is 0.171. The van der Waals surface area contributed by atoms with Gasteiger partial charge in [-0.05, 0) is 36.6 Å². The van der Waals surface area contributed by atoms with E-state index in [-0.39, 0.29) is 10.6 Å². The molecule has 1 atom stereocenters. The highest BCUT2D eigenvalue weighted by atomic mass is 35.5. The smallest absolute Gasteiger partial charge is 0.303 e. The summed E-state index contributed by atoms with van der Waals surface area (Å²) in [6.45, 7) is 3.51. The summed E-state index contributed by atoms with van der Waals surface area (Å²) in [5.74, 6) is -0.641. The van der Waals surface area contributed by atoms with E-state index in [9.17, 15) is 18.0 Å². The summed E-state index contributed by atoms with van der Waals surface area (Å²) >= 11 is 5.85. The van der Waals surface area contributed by atoms with Crippen LogP contribution in [0, 0.1) is 0 Å². The largest absolute Gasteiger partial charge is 0.416 e. The topological polar surface area (TPSA) is 17.1 Å². The van der Waals surface area contributed by atoms with Crippen molar-refractivity contribution < 1.29 is 18.0 Å². The van der Waals surface area contributed by atoms with E-state index in [0.717, 1.165) is 12.1 Å². The van der Waals surface area contributed by atoms with Gasteiger partial charge in [0.15, 0.2) is 0 Å². The maximum atomic E-state index is 12.6. The molecule has 0 heterocycles. The molecule has 0 aromatic heterocycles. The van der Waals surface area contributed by atoms with Gasteiger partial charge in [0.2, 0.25) is 0 Å². The fourth-order valence-electron chi connectivity index (χ4n) is 1.60. The molecule has 98 valence electrons. The van der Waals surface area contributed by atoms with E-state index in [1.807, 2.05) is 0 Å². The number of hydrogen-bond acceptors (Lipinski definition) is 1. The zero-order valence-electron chi connectivity index (χ0n) is 9.51. The Balaban J connectivity index is 3.12. The second-order valence-corrected chi connectivity index (χ2v) is 4.25. The third-order valence-corrected chi connectivity index (χ3v) is 2.91. The molecule has 0 amide bonds. The minimum Gasteiger partial charge on any atom is -0.303 e. The van der Waals surface area contributed by atoms with Gasteiger partial charge in [-0.15, -0.1) is 6.58 Å². The number of halogens is 4. The molecule has 0 aliphatic rings. The average Bonchev–Trinajstić information content (AvgIpc) is 2.30. The Morgan fingerprint density at radius 2 is 2.06 bits per heavy atom. The molecule has 1 unspecified atom stereocenters. The lowest BCUT2D eigenvalue weighted by Crippen LogP contribution is -2.08. The number of carbonyl (C=O) groups excluding carboxylic acids is 1. The summed E-state index contributed by atoms with van der Waals surface area (Å²) < 4.78 is 37.7. The van der Waals surface area contributed by atoms with Crippen LogP contribution in [0.4, 0.5) is 13.2 Å². The Morgan fingerprint density at radius 3 is 2.56 bits per heavy atom. The van der Waals surface area contributed by atoms with Gasteiger partial charge in [-0.25, -0.2) is 0 Å². The maximum absolute atomic E-state index is 12.6. The van der Waals surface area contributed by atoms with Crippen LogP contribution in [0.2, 0.25) is 5.02 Å². The predicted molar refractivity (Wildman–Crippen MR) is 64.7 cm³/mol. The monoisotopic (exact) mass is 276 g/mol. The number of hydrogen-bond donors (Lipinski definition) is 0. The van der Waals surface area contributed by atoms with E-state index < -0.39 is 17.7 Å². The SMILES string of the molecule is C=CCCC(C=O)c1cc(C(F)(F)F)ccc1Cl. The van der Waals surface area contributed by atoms with Gasteiger partial charge in [-0.3, -0.25) is 0 Å². The van der Waals surface area contributed by atoms with Crippen LogP contribution in [0.5, 0.6) is 0 Å². The van der Waals surface area contributed by atoms with E-state index in [4.69, 9.17) is 11.6 Å². The van der Waals surface area contributed by atoms with Crippen molar-refractivity contribution in [2.24, 2.45) is 0 Å². The van der Waals surface area contributed by atoms with E-state index in [1.165, 1.54) is 6.07 Å². The molecule has 0 fully saturated rings. The third-order valence-electron chi connectivity index (χ3n) is 2.57. The molecule has 0 aliphatic carbocycles.